The van der Waals surface area contributed by atoms with E-state index in [0.29, 0.717) is 34.5 Å². The van der Waals surface area contributed by atoms with E-state index >= 15 is 0 Å². The predicted molar refractivity (Wildman–Crippen MR) is 185 cm³/mol. The fourth-order valence-corrected chi connectivity index (χ4v) is 9.34. The van der Waals surface area contributed by atoms with Gasteiger partial charge >= 0.3 is 0 Å². The minimum atomic E-state index is -0.666. The van der Waals surface area contributed by atoms with Crippen LogP contribution in [0.15, 0.2) is 64.1 Å². The summed E-state index contributed by atoms with van der Waals surface area (Å²) in [5.41, 5.74) is 2.29. The largest absolute Gasteiger partial charge is 0.339 e. The number of hydrogen-bond acceptors (Lipinski definition) is 6. The number of allylic oxidation sites excluding steroid dienone is 1. The molecule has 0 bridgehead atoms. The van der Waals surface area contributed by atoms with Crippen LogP contribution in [0.3, 0.4) is 0 Å². The second-order valence-electron chi connectivity index (χ2n) is 13.7. The third-order valence-corrected chi connectivity index (χ3v) is 11.7. The van der Waals surface area contributed by atoms with Gasteiger partial charge in [0.25, 0.3) is 5.91 Å². The number of alkyl halides is 1. The standard InChI is InChI=1S/C35H42Cl2FN5O2S/c1-20(2)29-30(33(45)42-21(3)7-16-27(42)32(44)41-18-23(17-38)28(19-41)40(5)6)46-34-39-35(4,24-10-14-26(37)15-11-24)31(43(29)34)22-8-12-25(36)13-9-22/h8-15,20-21,23,27-28,31H,7,16-19H2,1-6H3/t21-,23-,27+,28-,31-,35+/m1/s1. The zero-order chi connectivity index (χ0) is 33.1. The quantitative estimate of drug-likeness (QED) is 0.315. The number of thioether (sulfide) groups is 1. The van der Waals surface area contributed by atoms with Gasteiger partial charge in [0.15, 0.2) is 5.17 Å². The van der Waals surface area contributed by atoms with E-state index < -0.39 is 18.3 Å². The molecule has 0 spiro atoms. The normalized spacial score (nSPS) is 29.4. The van der Waals surface area contributed by atoms with Gasteiger partial charge in [0.2, 0.25) is 5.91 Å². The van der Waals surface area contributed by atoms with Crippen molar-refractivity contribution in [3.05, 3.63) is 80.3 Å². The third kappa shape index (κ3) is 5.65. The van der Waals surface area contributed by atoms with E-state index in [1.165, 1.54) is 11.8 Å². The maximum atomic E-state index is 14.7. The number of hydrogen-bond donors (Lipinski definition) is 0. The van der Waals surface area contributed by atoms with Crippen LogP contribution in [-0.2, 0) is 15.1 Å². The van der Waals surface area contributed by atoms with Crippen molar-refractivity contribution in [1.82, 2.24) is 19.6 Å². The van der Waals surface area contributed by atoms with Crippen LogP contribution in [0.25, 0.3) is 0 Å². The van der Waals surface area contributed by atoms with E-state index in [1.54, 1.807) is 9.80 Å². The fraction of sp³-hybridized carbons (Fsp3) is 0.514. The number of aliphatic imine (C=N–C) groups is 1. The summed E-state index contributed by atoms with van der Waals surface area (Å²) in [5.74, 6) is -0.448. The van der Waals surface area contributed by atoms with Gasteiger partial charge in [-0.2, -0.15) is 0 Å². The number of carbonyl (C=O) groups excluding carboxylic acids is 2. The van der Waals surface area contributed by atoms with Crippen molar-refractivity contribution < 1.29 is 14.0 Å². The Balaban J connectivity index is 1.37. The number of rotatable bonds is 7. The molecule has 6 atom stereocenters. The van der Waals surface area contributed by atoms with Crippen molar-refractivity contribution in [2.75, 3.05) is 33.9 Å². The van der Waals surface area contributed by atoms with Crippen LogP contribution in [0.2, 0.25) is 10.0 Å². The molecule has 6 rings (SSSR count). The molecule has 0 radical (unpaired) electrons. The first-order chi connectivity index (χ1) is 21.8. The highest BCUT2D eigenvalue weighted by molar-refractivity contribution is 8.18. The summed E-state index contributed by atoms with van der Waals surface area (Å²) < 4.78 is 13.9. The van der Waals surface area contributed by atoms with Crippen LogP contribution in [-0.4, -0.2) is 88.6 Å². The van der Waals surface area contributed by atoms with Gasteiger partial charge < -0.3 is 19.6 Å². The van der Waals surface area contributed by atoms with Gasteiger partial charge in [-0.25, -0.2) is 4.99 Å². The number of amides is 2. The van der Waals surface area contributed by atoms with Crippen LogP contribution >= 0.6 is 35.0 Å². The molecule has 4 aliphatic heterocycles. The zero-order valence-electron chi connectivity index (χ0n) is 27.2. The van der Waals surface area contributed by atoms with Gasteiger partial charge in [-0.3, -0.25) is 14.0 Å². The van der Waals surface area contributed by atoms with Crippen molar-refractivity contribution in [3.8, 4) is 0 Å². The molecule has 2 aromatic carbocycles. The smallest absolute Gasteiger partial charge is 0.263 e. The van der Waals surface area contributed by atoms with E-state index in [1.807, 2.05) is 74.4 Å². The minimum absolute atomic E-state index is 0.00155. The summed E-state index contributed by atoms with van der Waals surface area (Å²) in [6, 6.07) is 14.7. The van der Waals surface area contributed by atoms with Crippen molar-refractivity contribution >= 4 is 51.9 Å². The lowest BCUT2D eigenvalue weighted by Crippen LogP contribution is -2.50. The lowest BCUT2D eigenvalue weighted by molar-refractivity contribution is -0.142. The number of benzene rings is 2. The highest BCUT2D eigenvalue weighted by Crippen LogP contribution is 2.56. The first-order valence-corrected chi connectivity index (χ1v) is 17.6. The van der Waals surface area contributed by atoms with E-state index in [2.05, 4.69) is 25.7 Å². The lowest BCUT2D eigenvalue weighted by atomic mass is 9.81. The van der Waals surface area contributed by atoms with E-state index in [-0.39, 0.29) is 41.8 Å². The second kappa shape index (κ2) is 12.8. The summed E-state index contributed by atoms with van der Waals surface area (Å²) in [7, 11) is 3.85. The second-order valence-corrected chi connectivity index (χ2v) is 15.5. The maximum Gasteiger partial charge on any atom is 0.263 e. The molecular weight excluding hydrogens is 644 g/mol. The molecule has 11 heteroatoms. The van der Waals surface area contributed by atoms with Crippen LogP contribution in [0, 0.1) is 11.8 Å². The van der Waals surface area contributed by atoms with Crippen molar-refractivity contribution in [2.45, 2.75) is 70.2 Å². The van der Waals surface area contributed by atoms with Gasteiger partial charge in [0, 0.05) is 46.8 Å². The zero-order valence-corrected chi connectivity index (χ0v) is 29.5. The summed E-state index contributed by atoms with van der Waals surface area (Å²) in [6.45, 7) is 8.71. The van der Waals surface area contributed by atoms with Gasteiger partial charge in [-0.15, -0.1) is 0 Å². The number of likely N-dealkylation sites (tertiary alicyclic amines) is 2. The third-order valence-electron chi connectivity index (χ3n) is 10.1. The predicted octanol–water partition coefficient (Wildman–Crippen LogP) is 6.97. The van der Waals surface area contributed by atoms with Gasteiger partial charge in [0.1, 0.15) is 16.5 Å². The first-order valence-electron chi connectivity index (χ1n) is 16.0. The maximum absolute atomic E-state index is 14.7. The Kier molecular flexibility index (Phi) is 9.26. The highest BCUT2D eigenvalue weighted by atomic mass is 35.5. The average molecular weight is 687 g/mol. The average Bonchev–Trinajstić information content (AvgIpc) is 3.78. The van der Waals surface area contributed by atoms with Crippen LogP contribution in [0.5, 0.6) is 0 Å². The van der Waals surface area contributed by atoms with Gasteiger partial charge in [-0.05, 0) is 93.9 Å². The Morgan fingerprint density at radius 3 is 2.24 bits per heavy atom. The fourth-order valence-electron chi connectivity index (χ4n) is 7.73. The molecule has 46 heavy (non-hydrogen) atoms. The Bertz CT molecular complexity index is 1570. The van der Waals surface area contributed by atoms with Crippen molar-refractivity contribution in [3.63, 3.8) is 0 Å². The molecule has 246 valence electrons. The SMILES string of the molecule is CC(C)C1=C(C(=O)N2[C@H](C)CC[C@H]2C(=O)N2C[C@@H](CF)[C@H](N(C)C)C2)SC2=N[C@@](C)(c3ccc(Cl)cc3)[C@@H](c3ccc(Cl)cc3)N21. The molecule has 0 aliphatic carbocycles. The van der Waals surface area contributed by atoms with Crippen LogP contribution < -0.4 is 0 Å². The summed E-state index contributed by atoms with van der Waals surface area (Å²) in [6.07, 6.45) is 1.33. The molecule has 0 unspecified atom stereocenters. The molecule has 4 heterocycles. The van der Waals surface area contributed by atoms with Gasteiger partial charge in [0.05, 0.1) is 12.7 Å². The number of likely N-dealkylation sites (N-methyl/N-ethyl adjacent to an activating group) is 1. The topological polar surface area (TPSA) is 59.5 Å². The Morgan fingerprint density at radius 2 is 1.67 bits per heavy atom. The summed E-state index contributed by atoms with van der Waals surface area (Å²) in [5, 5.41) is 2.06. The highest BCUT2D eigenvalue weighted by Gasteiger charge is 2.54. The molecule has 2 saturated heterocycles. The summed E-state index contributed by atoms with van der Waals surface area (Å²) >= 11 is 14.0. The number of fused-ring (bicyclic) bond motifs is 1. The Hall–Kier alpha value is -2.59. The van der Waals surface area contributed by atoms with Crippen LogP contribution in [0.4, 0.5) is 4.39 Å². The monoisotopic (exact) mass is 685 g/mol. The van der Waals surface area contributed by atoms with Crippen molar-refractivity contribution in [2.24, 2.45) is 16.8 Å². The van der Waals surface area contributed by atoms with Crippen LogP contribution in [0.1, 0.15) is 57.7 Å². The van der Waals surface area contributed by atoms with E-state index in [4.69, 9.17) is 28.2 Å². The number of nitrogens with zero attached hydrogens (tertiary/aromatic N) is 5. The Morgan fingerprint density at radius 1 is 1.04 bits per heavy atom. The summed E-state index contributed by atoms with van der Waals surface area (Å²) in [4.78, 5) is 42.4. The molecular formula is C35H42Cl2FN5O2S. The van der Waals surface area contributed by atoms with E-state index in [0.717, 1.165) is 28.4 Å². The first kappa shape index (κ1) is 33.3. The molecule has 0 N–H and O–H groups in total. The molecule has 0 aromatic heterocycles. The molecule has 0 saturated carbocycles. The Labute approximate surface area is 285 Å². The number of halogens is 3. The van der Waals surface area contributed by atoms with Crippen molar-refractivity contribution in [1.29, 1.82) is 0 Å². The van der Waals surface area contributed by atoms with E-state index in [9.17, 15) is 14.0 Å². The molecule has 2 aromatic rings. The van der Waals surface area contributed by atoms with Gasteiger partial charge in [-0.1, -0.05) is 61.3 Å². The minimum Gasteiger partial charge on any atom is -0.339 e. The lowest BCUT2D eigenvalue weighted by Gasteiger charge is -2.37. The number of carbonyl (C=O) groups is 2. The molecule has 4 aliphatic rings. The molecule has 2 amide bonds. The molecule has 7 nitrogen and oxygen atoms in total. The molecule has 2 fully saturated rings. The number of amidine groups is 1.